The molecule has 2 aromatic carbocycles. The molecular formula is C14H8BrFN2O2. The minimum absolute atomic E-state index is 0.169. The molecule has 0 saturated carbocycles. The smallest absolute Gasteiger partial charge is 0.336 e. The molecule has 0 amide bonds. The van der Waals surface area contributed by atoms with Gasteiger partial charge in [0.05, 0.1) is 16.8 Å². The van der Waals surface area contributed by atoms with E-state index in [1.165, 1.54) is 18.2 Å². The molecule has 0 fully saturated rings. The number of hydrogen-bond acceptors (Lipinski definition) is 2. The summed E-state index contributed by atoms with van der Waals surface area (Å²) in [6.07, 6.45) is 0. The maximum absolute atomic E-state index is 13.0. The van der Waals surface area contributed by atoms with Crippen LogP contribution in [0.5, 0.6) is 0 Å². The van der Waals surface area contributed by atoms with Gasteiger partial charge < -0.3 is 5.11 Å². The van der Waals surface area contributed by atoms with Gasteiger partial charge in [0.1, 0.15) is 10.4 Å². The van der Waals surface area contributed by atoms with Crippen molar-refractivity contribution >= 4 is 32.8 Å². The first kappa shape index (κ1) is 12.8. The highest BCUT2D eigenvalue weighted by Gasteiger charge is 2.17. The molecule has 20 heavy (non-hydrogen) atoms. The van der Waals surface area contributed by atoms with Crippen LogP contribution in [-0.2, 0) is 0 Å². The van der Waals surface area contributed by atoms with Crippen LogP contribution >= 0.6 is 15.9 Å². The van der Waals surface area contributed by atoms with Crippen molar-refractivity contribution in [2.24, 2.45) is 0 Å². The molecule has 0 spiro atoms. The number of aromatic nitrogens is 2. The highest BCUT2D eigenvalue weighted by atomic mass is 79.9. The van der Waals surface area contributed by atoms with Crippen LogP contribution in [0.25, 0.3) is 16.6 Å². The molecule has 0 unspecified atom stereocenters. The minimum Gasteiger partial charge on any atom is -0.478 e. The summed E-state index contributed by atoms with van der Waals surface area (Å²) in [5.74, 6) is -1.36. The average Bonchev–Trinajstić information content (AvgIpc) is 2.77. The number of fused-ring (bicyclic) bond motifs is 1. The van der Waals surface area contributed by atoms with E-state index in [2.05, 4.69) is 21.0 Å². The molecule has 0 aliphatic heterocycles. The van der Waals surface area contributed by atoms with E-state index < -0.39 is 5.97 Å². The Balaban J connectivity index is 2.31. The summed E-state index contributed by atoms with van der Waals surface area (Å²) < 4.78 is 15.0. The number of halogens is 2. The van der Waals surface area contributed by atoms with Crippen LogP contribution in [0.2, 0.25) is 0 Å². The lowest BCUT2D eigenvalue weighted by molar-refractivity contribution is 0.0699. The van der Waals surface area contributed by atoms with Crippen LogP contribution in [0.15, 0.2) is 47.1 Å². The number of nitrogens with zero attached hydrogens (tertiary/aromatic N) is 2. The Labute approximate surface area is 121 Å². The van der Waals surface area contributed by atoms with E-state index in [-0.39, 0.29) is 11.4 Å². The monoisotopic (exact) mass is 334 g/mol. The molecule has 0 bridgehead atoms. The third-order valence-electron chi connectivity index (χ3n) is 2.97. The van der Waals surface area contributed by atoms with Crippen molar-refractivity contribution in [1.82, 2.24) is 9.78 Å². The summed E-state index contributed by atoms with van der Waals surface area (Å²) in [6, 6.07) is 10.8. The predicted molar refractivity (Wildman–Crippen MR) is 75.7 cm³/mol. The van der Waals surface area contributed by atoms with Gasteiger partial charge in [-0.2, -0.15) is 5.10 Å². The van der Waals surface area contributed by atoms with Crippen LogP contribution in [0.1, 0.15) is 10.4 Å². The maximum Gasteiger partial charge on any atom is 0.336 e. The first-order valence-electron chi connectivity index (χ1n) is 5.74. The van der Waals surface area contributed by atoms with Crippen molar-refractivity contribution in [3.8, 4) is 5.69 Å². The highest BCUT2D eigenvalue weighted by Crippen LogP contribution is 2.29. The van der Waals surface area contributed by atoms with Gasteiger partial charge in [-0.3, -0.25) is 0 Å². The van der Waals surface area contributed by atoms with Gasteiger partial charge in [-0.05, 0) is 52.3 Å². The summed E-state index contributed by atoms with van der Waals surface area (Å²) in [5, 5.41) is 14.0. The second kappa shape index (κ2) is 4.72. The van der Waals surface area contributed by atoms with E-state index in [0.717, 1.165) is 0 Å². The molecule has 1 heterocycles. The Morgan fingerprint density at radius 3 is 2.55 bits per heavy atom. The molecule has 4 nitrogen and oxygen atoms in total. The average molecular weight is 335 g/mol. The number of hydrogen-bond donors (Lipinski definition) is 1. The summed E-state index contributed by atoms with van der Waals surface area (Å²) in [4.78, 5) is 11.3. The van der Waals surface area contributed by atoms with E-state index in [1.807, 2.05) is 0 Å². The molecule has 3 aromatic rings. The van der Waals surface area contributed by atoms with Gasteiger partial charge in [0.15, 0.2) is 0 Å². The number of carboxylic acids is 1. The van der Waals surface area contributed by atoms with E-state index in [4.69, 9.17) is 0 Å². The van der Waals surface area contributed by atoms with E-state index in [0.29, 0.717) is 21.2 Å². The second-order valence-corrected chi connectivity index (χ2v) is 4.94. The van der Waals surface area contributed by atoms with Crippen molar-refractivity contribution < 1.29 is 14.3 Å². The lowest BCUT2D eigenvalue weighted by Gasteiger charge is -2.03. The number of aromatic carboxylic acids is 1. The van der Waals surface area contributed by atoms with Gasteiger partial charge in [-0.1, -0.05) is 6.07 Å². The Kier molecular flexibility index (Phi) is 3.02. The minimum atomic E-state index is -1.02. The molecule has 0 radical (unpaired) electrons. The summed E-state index contributed by atoms with van der Waals surface area (Å²) in [6.45, 7) is 0. The maximum atomic E-state index is 13.0. The molecular weight excluding hydrogens is 327 g/mol. The van der Waals surface area contributed by atoms with Crippen molar-refractivity contribution in [2.75, 3.05) is 0 Å². The van der Waals surface area contributed by atoms with Crippen molar-refractivity contribution in [1.29, 1.82) is 0 Å². The lowest BCUT2D eigenvalue weighted by Crippen LogP contribution is -1.98. The van der Waals surface area contributed by atoms with E-state index in [9.17, 15) is 14.3 Å². The molecule has 1 aromatic heterocycles. The van der Waals surface area contributed by atoms with Crippen LogP contribution in [0, 0.1) is 5.82 Å². The fourth-order valence-corrected chi connectivity index (χ4v) is 2.66. The third-order valence-corrected chi connectivity index (χ3v) is 3.52. The number of benzene rings is 2. The number of rotatable bonds is 2. The molecule has 3 rings (SSSR count). The summed E-state index contributed by atoms with van der Waals surface area (Å²) in [5.41, 5.74) is 1.47. The molecule has 0 atom stereocenters. The first-order chi connectivity index (χ1) is 9.58. The zero-order chi connectivity index (χ0) is 14.3. The molecule has 0 aliphatic carbocycles. The van der Waals surface area contributed by atoms with Gasteiger partial charge >= 0.3 is 5.97 Å². The topological polar surface area (TPSA) is 55.1 Å². The third kappa shape index (κ3) is 1.98. The first-order valence-corrected chi connectivity index (χ1v) is 6.53. The standard InChI is InChI=1S/C14H8BrFN2O2/c15-13-12-10(14(19)20)2-1-3-11(12)18(17-13)9-6-4-8(16)5-7-9/h1-7H,(H,19,20). The normalized spacial score (nSPS) is 10.9. The zero-order valence-corrected chi connectivity index (χ0v) is 11.6. The fourth-order valence-electron chi connectivity index (χ4n) is 2.08. The van der Waals surface area contributed by atoms with Gasteiger partial charge in [-0.15, -0.1) is 0 Å². The van der Waals surface area contributed by atoms with Gasteiger partial charge in [0, 0.05) is 5.39 Å². The van der Waals surface area contributed by atoms with Crippen LogP contribution in [0.3, 0.4) is 0 Å². The van der Waals surface area contributed by atoms with E-state index in [1.54, 1.807) is 28.9 Å². The SMILES string of the molecule is O=C(O)c1cccc2c1c(Br)nn2-c1ccc(F)cc1. The molecule has 100 valence electrons. The predicted octanol–water partition coefficient (Wildman–Crippen LogP) is 3.63. The van der Waals surface area contributed by atoms with Crippen molar-refractivity contribution in [2.45, 2.75) is 0 Å². The quantitative estimate of drug-likeness (QED) is 0.778. The van der Waals surface area contributed by atoms with Crippen LogP contribution in [0.4, 0.5) is 4.39 Å². The van der Waals surface area contributed by atoms with Crippen LogP contribution in [-0.4, -0.2) is 20.9 Å². The van der Waals surface area contributed by atoms with Crippen LogP contribution < -0.4 is 0 Å². The molecule has 6 heteroatoms. The second-order valence-electron chi connectivity index (χ2n) is 4.18. The van der Waals surface area contributed by atoms with Gasteiger partial charge in [0.2, 0.25) is 0 Å². The zero-order valence-electron chi connectivity index (χ0n) is 10.0. The van der Waals surface area contributed by atoms with Gasteiger partial charge in [0.25, 0.3) is 0 Å². The number of carboxylic acid groups (broad SMARTS) is 1. The fraction of sp³-hybridized carbons (Fsp3) is 0. The summed E-state index contributed by atoms with van der Waals surface area (Å²) >= 11 is 3.28. The van der Waals surface area contributed by atoms with Gasteiger partial charge in [-0.25, -0.2) is 13.9 Å². The molecule has 0 aliphatic rings. The summed E-state index contributed by atoms with van der Waals surface area (Å²) in [7, 11) is 0. The Morgan fingerprint density at radius 1 is 1.20 bits per heavy atom. The van der Waals surface area contributed by atoms with Crippen molar-refractivity contribution in [3.63, 3.8) is 0 Å². The Bertz CT molecular complexity index is 812. The Morgan fingerprint density at radius 2 is 1.90 bits per heavy atom. The van der Waals surface area contributed by atoms with Crippen molar-refractivity contribution in [3.05, 3.63) is 58.4 Å². The lowest BCUT2D eigenvalue weighted by atomic mass is 10.1. The largest absolute Gasteiger partial charge is 0.478 e. The Hall–Kier alpha value is -2.21. The van der Waals surface area contributed by atoms with E-state index >= 15 is 0 Å². The molecule has 1 N–H and O–H groups in total. The highest BCUT2D eigenvalue weighted by molar-refractivity contribution is 9.10. The molecule has 0 saturated heterocycles. The number of carbonyl (C=O) groups is 1.